The van der Waals surface area contributed by atoms with E-state index < -0.39 is 12.5 Å². The minimum atomic E-state index is -1.17. The van der Waals surface area contributed by atoms with Crippen molar-refractivity contribution >= 4 is 0 Å². The highest BCUT2D eigenvalue weighted by atomic mass is 19.1. The van der Waals surface area contributed by atoms with Crippen LogP contribution in [0.25, 0.3) is 0 Å². The van der Waals surface area contributed by atoms with Crippen LogP contribution in [0.3, 0.4) is 0 Å². The maximum Gasteiger partial charge on any atom is 0.186 e. The van der Waals surface area contributed by atoms with Crippen LogP contribution in [0, 0.1) is 0 Å². The van der Waals surface area contributed by atoms with Gasteiger partial charge >= 0.3 is 0 Å². The lowest BCUT2D eigenvalue weighted by Crippen LogP contribution is -2.15. The number of aliphatic hydroxyl groups is 1. The number of aliphatic hydroxyl groups excluding tert-OH is 1. The van der Waals surface area contributed by atoms with Crippen LogP contribution >= 0.6 is 0 Å². The molecule has 1 heterocycles. The fraction of sp³-hybridized carbons (Fsp3) is 1.00. The second-order valence-electron chi connectivity index (χ2n) is 2.31. The SMILES string of the molecule is CCC1CC(F)[C@@H](O)O1. The molecule has 1 rings (SSSR count). The second kappa shape index (κ2) is 2.62. The summed E-state index contributed by atoms with van der Waals surface area (Å²) in [6.45, 7) is 1.91. The van der Waals surface area contributed by atoms with E-state index in [2.05, 4.69) is 0 Å². The van der Waals surface area contributed by atoms with E-state index in [-0.39, 0.29) is 6.10 Å². The van der Waals surface area contributed by atoms with E-state index in [0.29, 0.717) is 6.42 Å². The normalized spacial score (nSPS) is 43.7. The van der Waals surface area contributed by atoms with Crippen LogP contribution in [0.2, 0.25) is 0 Å². The zero-order chi connectivity index (χ0) is 6.85. The van der Waals surface area contributed by atoms with Gasteiger partial charge in [0.15, 0.2) is 12.5 Å². The number of ether oxygens (including phenoxy) is 1. The third kappa shape index (κ3) is 1.40. The van der Waals surface area contributed by atoms with Gasteiger partial charge in [0.25, 0.3) is 0 Å². The Morgan fingerprint density at radius 2 is 2.44 bits per heavy atom. The van der Waals surface area contributed by atoms with Crippen LogP contribution in [0.4, 0.5) is 4.39 Å². The Morgan fingerprint density at radius 3 is 2.67 bits per heavy atom. The third-order valence-corrected chi connectivity index (χ3v) is 1.58. The Balaban J connectivity index is 2.35. The van der Waals surface area contributed by atoms with Crippen molar-refractivity contribution in [3.63, 3.8) is 0 Å². The molecule has 0 saturated carbocycles. The highest BCUT2D eigenvalue weighted by Crippen LogP contribution is 2.22. The third-order valence-electron chi connectivity index (χ3n) is 1.58. The van der Waals surface area contributed by atoms with Gasteiger partial charge in [-0.05, 0) is 6.42 Å². The van der Waals surface area contributed by atoms with Crippen molar-refractivity contribution in [2.24, 2.45) is 0 Å². The lowest BCUT2D eigenvalue weighted by molar-refractivity contribution is -0.112. The molecule has 3 heteroatoms. The lowest BCUT2D eigenvalue weighted by atomic mass is 10.2. The Morgan fingerprint density at radius 1 is 1.78 bits per heavy atom. The second-order valence-corrected chi connectivity index (χ2v) is 2.31. The van der Waals surface area contributed by atoms with E-state index in [9.17, 15) is 4.39 Å². The number of alkyl halides is 1. The van der Waals surface area contributed by atoms with Crippen molar-refractivity contribution < 1.29 is 14.2 Å². The Hall–Kier alpha value is -0.150. The lowest BCUT2D eigenvalue weighted by Gasteiger charge is -2.04. The first-order valence-electron chi connectivity index (χ1n) is 3.21. The van der Waals surface area contributed by atoms with E-state index in [1.54, 1.807) is 0 Å². The predicted molar refractivity (Wildman–Crippen MR) is 30.7 cm³/mol. The largest absolute Gasteiger partial charge is 0.366 e. The topological polar surface area (TPSA) is 29.5 Å². The number of halogens is 1. The molecule has 0 aromatic rings. The molecule has 3 atom stereocenters. The summed E-state index contributed by atoms with van der Waals surface area (Å²) < 4.78 is 17.2. The summed E-state index contributed by atoms with van der Waals surface area (Å²) in [5, 5.41) is 8.70. The smallest absolute Gasteiger partial charge is 0.186 e. The van der Waals surface area contributed by atoms with Gasteiger partial charge in [-0.2, -0.15) is 0 Å². The Kier molecular flexibility index (Phi) is 2.03. The Labute approximate surface area is 53.6 Å². The van der Waals surface area contributed by atoms with Gasteiger partial charge in [0.2, 0.25) is 0 Å². The van der Waals surface area contributed by atoms with E-state index in [4.69, 9.17) is 9.84 Å². The van der Waals surface area contributed by atoms with Crippen molar-refractivity contribution in [3.8, 4) is 0 Å². The van der Waals surface area contributed by atoms with Crippen molar-refractivity contribution in [1.82, 2.24) is 0 Å². The van der Waals surface area contributed by atoms with Crippen molar-refractivity contribution in [3.05, 3.63) is 0 Å². The molecule has 0 spiro atoms. The summed E-state index contributed by atoms with van der Waals surface area (Å²) in [6, 6.07) is 0. The molecule has 0 aliphatic carbocycles. The van der Waals surface area contributed by atoms with Crippen LogP contribution in [-0.4, -0.2) is 23.7 Å². The van der Waals surface area contributed by atoms with Gasteiger partial charge in [-0.25, -0.2) is 4.39 Å². The first-order valence-corrected chi connectivity index (χ1v) is 3.21. The van der Waals surface area contributed by atoms with E-state index in [0.717, 1.165) is 6.42 Å². The quantitative estimate of drug-likeness (QED) is 0.576. The maximum atomic E-state index is 12.4. The van der Waals surface area contributed by atoms with Gasteiger partial charge in [-0.1, -0.05) is 6.92 Å². The average Bonchev–Trinajstić information content (AvgIpc) is 2.13. The maximum absolute atomic E-state index is 12.4. The minimum absolute atomic E-state index is 0.0741. The summed E-state index contributed by atoms with van der Waals surface area (Å²) in [5.74, 6) is 0. The van der Waals surface area contributed by atoms with E-state index in [1.807, 2.05) is 6.92 Å². The molecule has 54 valence electrons. The molecule has 0 bridgehead atoms. The standard InChI is InChI=1S/C6H11FO2/c1-2-4-3-5(7)6(8)9-4/h4-6,8H,2-3H2,1H3/t4?,5?,6-/m0/s1. The number of hydrogen-bond acceptors (Lipinski definition) is 2. The van der Waals surface area contributed by atoms with Gasteiger partial charge in [-0.15, -0.1) is 0 Å². The molecule has 0 aromatic heterocycles. The summed E-state index contributed by atoms with van der Waals surface area (Å²) in [6.07, 6.45) is -1.30. The van der Waals surface area contributed by atoms with Crippen LogP contribution in [0.5, 0.6) is 0 Å². The van der Waals surface area contributed by atoms with Crippen molar-refractivity contribution in [2.45, 2.75) is 38.3 Å². The van der Waals surface area contributed by atoms with Crippen molar-refractivity contribution in [1.29, 1.82) is 0 Å². The molecule has 1 aliphatic heterocycles. The fourth-order valence-corrected chi connectivity index (χ4v) is 0.968. The summed E-state index contributed by atoms with van der Waals surface area (Å²) in [4.78, 5) is 0. The van der Waals surface area contributed by atoms with Gasteiger partial charge in [0, 0.05) is 6.42 Å². The van der Waals surface area contributed by atoms with Crippen LogP contribution in [-0.2, 0) is 4.74 Å². The molecule has 0 radical (unpaired) electrons. The van der Waals surface area contributed by atoms with Crippen LogP contribution < -0.4 is 0 Å². The average molecular weight is 134 g/mol. The zero-order valence-corrected chi connectivity index (χ0v) is 5.38. The monoisotopic (exact) mass is 134 g/mol. The predicted octanol–water partition coefficient (Wildman–Crippen LogP) is 0.842. The molecule has 1 fully saturated rings. The summed E-state index contributed by atoms with van der Waals surface area (Å²) in [5.41, 5.74) is 0. The van der Waals surface area contributed by atoms with Gasteiger partial charge in [0.1, 0.15) is 0 Å². The molecule has 0 amide bonds. The molecular formula is C6H11FO2. The Bertz CT molecular complexity index is 87.1. The molecule has 1 N–H and O–H groups in total. The summed E-state index contributed by atoms with van der Waals surface area (Å²) in [7, 11) is 0. The van der Waals surface area contributed by atoms with Crippen LogP contribution in [0.15, 0.2) is 0 Å². The minimum Gasteiger partial charge on any atom is -0.366 e. The van der Waals surface area contributed by atoms with E-state index in [1.165, 1.54) is 0 Å². The van der Waals surface area contributed by atoms with Gasteiger partial charge < -0.3 is 9.84 Å². The van der Waals surface area contributed by atoms with Gasteiger partial charge in [0.05, 0.1) is 6.10 Å². The molecule has 2 nitrogen and oxygen atoms in total. The first-order chi connectivity index (χ1) is 4.24. The molecular weight excluding hydrogens is 123 g/mol. The molecule has 9 heavy (non-hydrogen) atoms. The fourth-order valence-electron chi connectivity index (χ4n) is 0.968. The summed E-state index contributed by atoms with van der Waals surface area (Å²) >= 11 is 0. The first kappa shape index (κ1) is 6.96. The molecule has 1 aliphatic rings. The number of rotatable bonds is 1. The van der Waals surface area contributed by atoms with Crippen molar-refractivity contribution in [2.75, 3.05) is 0 Å². The highest BCUT2D eigenvalue weighted by molar-refractivity contribution is 4.74. The van der Waals surface area contributed by atoms with Crippen LogP contribution in [0.1, 0.15) is 19.8 Å². The molecule has 0 aromatic carbocycles. The van der Waals surface area contributed by atoms with E-state index >= 15 is 0 Å². The highest BCUT2D eigenvalue weighted by Gasteiger charge is 2.32. The zero-order valence-electron chi connectivity index (χ0n) is 5.38. The number of hydrogen-bond donors (Lipinski definition) is 1. The van der Waals surface area contributed by atoms with Gasteiger partial charge in [-0.3, -0.25) is 0 Å². The molecule has 1 saturated heterocycles. The molecule has 2 unspecified atom stereocenters.